The van der Waals surface area contributed by atoms with Crippen LogP contribution in [0.25, 0.3) is 0 Å². The number of benzene rings is 1. The summed E-state index contributed by atoms with van der Waals surface area (Å²) in [6.45, 7) is 0.199. The van der Waals surface area contributed by atoms with Gasteiger partial charge < -0.3 is 10.2 Å². The van der Waals surface area contributed by atoms with Crippen molar-refractivity contribution < 1.29 is 27.8 Å². The van der Waals surface area contributed by atoms with E-state index in [1.807, 2.05) is 0 Å². The van der Waals surface area contributed by atoms with E-state index in [2.05, 4.69) is 0 Å². The van der Waals surface area contributed by atoms with Crippen LogP contribution in [0.5, 0.6) is 0 Å². The van der Waals surface area contributed by atoms with Crippen LogP contribution in [0.2, 0.25) is 0 Å². The van der Waals surface area contributed by atoms with Gasteiger partial charge in [-0.1, -0.05) is 0 Å². The molecule has 1 rings (SSSR count). The Morgan fingerprint density at radius 3 is 2.52 bits per heavy atom. The van der Waals surface area contributed by atoms with Crippen molar-refractivity contribution in [1.82, 2.24) is 4.31 Å². The predicted octanol–water partition coefficient (Wildman–Crippen LogP) is 1.31. The van der Waals surface area contributed by atoms with E-state index in [1.54, 1.807) is 0 Å². The minimum atomic E-state index is -4.08. The molecule has 0 aliphatic rings. The van der Waals surface area contributed by atoms with Crippen molar-refractivity contribution in [2.24, 2.45) is 0 Å². The zero-order valence-corrected chi connectivity index (χ0v) is 12.4. The first kappa shape index (κ1) is 17.5. The Bertz CT molecular complexity index is 603. The number of aromatic carboxylic acids is 1. The van der Waals surface area contributed by atoms with Crippen LogP contribution in [-0.2, 0) is 10.0 Å². The van der Waals surface area contributed by atoms with Crippen LogP contribution < -0.4 is 0 Å². The van der Waals surface area contributed by atoms with Crippen LogP contribution in [0.1, 0.15) is 29.6 Å². The molecule has 1 aromatic rings. The van der Waals surface area contributed by atoms with Crippen molar-refractivity contribution in [2.75, 3.05) is 20.2 Å². The van der Waals surface area contributed by atoms with Crippen LogP contribution in [0.4, 0.5) is 4.39 Å². The number of carboxylic acids is 1. The molecule has 1 aromatic carbocycles. The number of carboxylic acid groups (broad SMARTS) is 1. The standard InChI is InChI=1S/C13H18FNO5S/c1-15(7-3-2-4-8-16)21(19,20)12-9-10(13(17)18)5-6-11(12)14/h5-6,9,16H,2-4,7-8H2,1H3,(H,17,18). The average Bonchev–Trinajstić information content (AvgIpc) is 2.43. The predicted molar refractivity (Wildman–Crippen MR) is 74.1 cm³/mol. The number of nitrogens with zero attached hydrogens (tertiary/aromatic N) is 1. The van der Waals surface area contributed by atoms with Gasteiger partial charge in [0.15, 0.2) is 0 Å². The van der Waals surface area contributed by atoms with Crippen molar-refractivity contribution in [3.8, 4) is 0 Å². The third kappa shape index (κ3) is 4.48. The summed E-state index contributed by atoms with van der Waals surface area (Å²) in [6, 6.07) is 2.66. The molecule has 8 heteroatoms. The first-order valence-corrected chi connectivity index (χ1v) is 7.84. The fourth-order valence-electron chi connectivity index (χ4n) is 1.75. The molecular weight excluding hydrogens is 301 g/mol. The molecule has 0 saturated carbocycles. The van der Waals surface area contributed by atoms with E-state index in [1.165, 1.54) is 7.05 Å². The summed E-state index contributed by atoms with van der Waals surface area (Å²) in [5.74, 6) is -2.31. The quantitative estimate of drug-likeness (QED) is 0.704. The van der Waals surface area contributed by atoms with E-state index in [-0.39, 0.29) is 18.7 Å². The maximum atomic E-state index is 13.7. The molecule has 0 amide bonds. The molecule has 0 bridgehead atoms. The Hall–Kier alpha value is -1.51. The molecule has 21 heavy (non-hydrogen) atoms. The number of halogens is 1. The summed E-state index contributed by atoms with van der Waals surface area (Å²) >= 11 is 0. The number of unbranched alkanes of at least 4 members (excludes halogenated alkanes) is 2. The molecule has 0 saturated heterocycles. The molecule has 0 aliphatic carbocycles. The van der Waals surface area contributed by atoms with Crippen LogP contribution in [0.15, 0.2) is 23.1 Å². The molecule has 0 atom stereocenters. The van der Waals surface area contributed by atoms with Gasteiger partial charge in [0.2, 0.25) is 10.0 Å². The minimum Gasteiger partial charge on any atom is -0.478 e. The zero-order chi connectivity index (χ0) is 16.0. The minimum absolute atomic E-state index is 0.0335. The monoisotopic (exact) mass is 319 g/mol. The Morgan fingerprint density at radius 2 is 1.95 bits per heavy atom. The SMILES string of the molecule is CN(CCCCCO)S(=O)(=O)c1cc(C(=O)O)ccc1F. The third-order valence-electron chi connectivity index (χ3n) is 3.00. The molecule has 6 nitrogen and oxygen atoms in total. The molecule has 0 radical (unpaired) electrons. The maximum Gasteiger partial charge on any atom is 0.335 e. The first-order valence-electron chi connectivity index (χ1n) is 6.40. The third-order valence-corrected chi connectivity index (χ3v) is 4.87. The number of sulfonamides is 1. The average molecular weight is 319 g/mol. The van der Waals surface area contributed by atoms with Gasteiger partial charge in [0.25, 0.3) is 0 Å². The molecule has 2 N–H and O–H groups in total. The highest BCUT2D eigenvalue weighted by molar-refractivity contribution is 7.89. The molecule has 0 aliphatic heterocycles. The molecule has 118 valence electrons. The lowest BCUT2D eigenvalue weighted by Gasteiger charge is -2.17. The van der Waals surface area contributed by atoms with Gasteiger partial charge in [0.1, 0.15) is 10.7 Å². The summed E-state index contributed by atoms with van der Waals surface area (Å²) in [5.41, 5.74) is -0.288. The van der Waals surface area contributed by atoms with Gasteiger partial charge in [-0.15, -0.1) is 0 Å². The largest absolute Gasteiger partial charge is 0.478 e. The molecule has 0 aromatic heterocycles. The van der Waals surface area contributed by atoms with E-state index in [0.717, 1.165) is 22.5 Å². The second-order valence-electron chi connectivity index (χ2n) is 4.56. The molecule has 0 heterocycles. The van der Waals surface area contributed by atoms with Gasteiger partial charge in [-0.2, -0.15) is 0 Å². The van der Waals surface area contributed by atoms with Gasteiger partial charge in [0, 0.05) is 20.2 Å². The zero-order valence-electron chi connectivity index (χ0n) is 11.6. The Kier molecular flexibility index (Phi) is 6.25. The lowest BCUT2D eigenvalue weighted by atomic mass is 10.2. The highest BCUT2D eigenvalue weighted by Gasteiger charge is 2.25. The lowest BCUT2D eigenvalue weighted by molar-refractivity contribution is 0.0696. The van der Waals surface area contributed by atoms with Crippen LogP contribution in [0.3, 0.4) is 0 Å². The van der Waals surface area contributed by atoms with Gasteiger partial charge in [-0.05, 0) is 37.5 Å². The fourth-order valence-corrected chi connectivity index (χ4v) is 3.04. The van der Waals surface area contributed by atoms with E-state index >= 15 is 0 Å². The number of aliphatic hydroxyl groups excluding tert-OH is 1. The number of hydrogen-bond donors (Lipinski definition) is 2. The second kappa shape index (κ2) is 7.48. The number of aliphatic hydroxyl groups is 1. The normalized spacial score (nSPS) is 11.8. The van der Waals surface area contributed by atoms with Gasteiger partial charge in [0.05, 0.1) is 5.56 Å². The molecule has 0 fully saturated rings. The molecule has 0 spiro atoms. The van der Waals surface area contributed by atoms with Crippen molar-refractivity contribution >= 4 is 16.0 Å². The smallest absolute Gasteiger partial charge is 0.335 e. The Labute approximate surface area is 122 Å². The molecule has 0 unspecified atom stereocenters. The highest BCUT2D eigenvalue weighted by Crippen LogP contribution is 2.20. The summed E-state index contributed by atoms with van der Waals surface area (Å²) < 4.78 is 39.2. The number of rotatable bonds is 8. The number of carbonyl (C=O) groups is 1. The maximum absolute atomic E-state index is 13.7. The van der Waals surface area contributed by atoms with Crippen molar-refractivity contribution in [2.45, 2.75) is 24.2 Å². The fraction of sp³-hybridized carbons (Fsp3) is 0.462. The summed E-state index contributed by atoms with van der Waals surface area (Å²) in [4.78, 5) is 10.2. The summed E-state index contributed by atoms with van der Waals surface area (Å²) in [6.07, 6.45) is 1.74. The highest BCUT2D eigenvalue weighted by atomic mass is 32.2. The van der Waals surface area contributed by atoms with Crippen molar-refractivity contribution in [1.29, 1.82) is 0 Å². The summed E-state index contributed by atoms with van der Waals surface area (Å²) in [7, 11) is -2.77. The first-order chi connectivity index (χ1) is 9.80. The molecular formula is C13H18FNO5S. The van der Waals surface area contributed by atoms with Crippen LogP contribution in [-0.4, -0.2) is 49.1 Å². The van der Waals surface area contributed by atoms with Gasteiger partial charge >= 0.3 is 5.97 Å². The lowest BCUT2D eigenvalue weighted by Crippen LogP contribution is -2.29. The van der Waals surface area contributed by atoms with E-state index < -0.39 is 26.7 Å². The van der Waals surface area contributed by atoms with Gasteiger partial charge in [-0.25, -0.2) is 21.9 Å². The van der Waals surface area contributed by atoms with Gasteiger partial charge in [-0.3, -0.25) is 0 Å². The van der Waals surface area contributed by atoms with Crippen LogP contribution >= 0.6 is 0 Å². The van der Waals surface area contributed by atoms with E-state index in [0.29, 0.717) is 19.3 Å². The van der Waals surface area contributed by atoms with Crippen LogP contribution in [0, 0.1) is 5.82 Å². The van der Waals surface area contributed by atoms with E-state index in [9.17, 15) is 17.6 Å². The van der Waals surface area contributed by atoms with Crippen molar-refractivity contribution in [3.63, 3.8) is 0 Å². The second-order valence-corrected chi connectivity index (χ2v) is 6.57. The number of hydrogen-bond acceptors (Lipinski definition) is 4. The van der Waals surface area contributed by atoms with Crippen molar-refractivity contribution in [3.05, 3.63) is 29.6 Å². The topological polar surface area (TPSA) is 94.9 Å². The van der Waals surface area contributed by atoms with E-state index in [4.69, 9.17) is 10.2 Å². The summed E-state index contributed by atoms with van der Waals surface area (Å²) in [5, 5.41) is 17.5. The Balaban J connectivity index is 2.96. The Morgan fingerprint density at radius 1 is 1.29 bits per heavy atom.